The Bertz CT molecular complexity index is 844. The molecule has 1 aromatic heterocycles. The maximum absolute atomic E-state index is 10.0. The minimum Gasteiger partial charge on any atom is -0.502 e. The first-order chi connectivity index (χ1) is 12.0. The van der Waals surface area contributed by atoms with Crippen LogP contribution in [0.5, 0.6) is 17.2 Å². The van der Waals surface area contributed by atoms with Crippen molar-refractivity contribution in [3.8, 4) is 40.0 Å². The largest absolute Gasteiger partial charge is 0.502 e. The van der Waals surface area contributed by atoms with E-state index in [-0.39, 0.29) is 5.75 Å². The summed E-state index contributed by atoms with van der Waals surface area (Å²) in [5.41, 5.74) is 2.70. The average Bonchev–Trinajstić information content (AvgIpc) is 3.12. The van der Waals surface area contributed by atoms with Gasteiger partial charge >= 0.3 is 0 Å². The number of nitrogens with zero attached hydrogens (tertiary/aromatic N) is 2. The van der Waals surface area contributed by atoms with Crippen LogP contribution in [0, 0.1) is 0 Å². The number of oxazole rings is 1. The highest BCUT2D eigenvalue weighted by Gasteiger charge is 2.16. The lowest BCUT2D eigenvalue weighted by Crippen LogP contribution is -2.07. The van der Waals surface area contributed by atoms with Crippen LogP contribution in [0.3, 0.4) is 0 Å². The number of hydrogen-bond acceptors (Lipinski definition) is 6. The van der Waals surface area contributed by atoms with Gasteiger partial charge in [0.25, 0.3) is 0 Å². The van der Waals surface area contributed by atoms with Crippen molar-refractivity contribution in [2.75, 3.05) is 33.2 Å². The molecule has 0 spiro atoms. The molecule has 0 aliphatic rings. The van der Waals surface area contributed by atoms with Crippen LogP contribution < -0.4 is 14.4 Å². The summed E-state index contributed by atoms with van der Waals surface area (Å²) in [5.74, 6) is 1.61. The van der Waals surface area contributed by atoms with Gasteiger partial charge < -0.3 is 23.9 Å². The van der Waals surface area contributed by atoms with Gasteiger partial charge in [0, 0.05) is 30.9 Å². The number of methoxy groups -OCH3 is 2. The molecule has 0 aliphatic carbocycles. The molecule has 0 atom stereocenters. The van der Waals surface area contributed by atoms with Crippen LogP contribution in [0.1, 0.15) is 0 Å². The molecule has 0 aliphatic heterocycles. The average molecular weight is 340 g/mol. The number of phenols is 1. The standard InChI is InChI=1S/C19H20N2O4/c1-21(2)14-7-5-12(6-8-14)17-11-20-19(25-17)13-9-15(23-3)18(22)16(10-13)24-4/h5-11,22H,1-4H3. The third-order valence-corrected chi connectivity index (χ3v) is 3.90. The van der Waals surface area contributed by atoms with E-state index in [0.29, 0.717) is 28.7 Å². The maximum Gasteiger partial charge on any atom is 0.226 e. The minimum absolute atomic E-state index is 0.0557. The lowest BCUT2D eigenvalue weighted by atomic mass is 10.1. The Morgan fingerprint density at radius 2 is 1.56 bits per heavy atom. The third kappa shape index (κ3) is 3.24. The Hall–Kier alpha value is -3.15. The van der Waals surface area contributed by atoms with Gasteiger partial charge in [-0.3, -0.25) is 0 Å². The predicted molar refractivity (Wildman–Crippen MR) is 96.5 cm³/mol. The number of benzene rings is 2. The van der Waals surface area contributed by atoms with Gasteiger partial charge in [0.2, 0.25) is 11.6 Å². The number of hydrogen-bond donors (Lipinski definition) is 1. The summed E-state index contributed by atoms with van der Waals surface area (Å²) in [5, 5.41) is 10.0. The summed E-state index contributed by atoms with van der Waals surface area (Å²) in [6.45, 7) is 0. The van der Waals surface area contributed by atoms with Crippen molar-refractivity contribution in [2.24, 2.45) is 0 Å². The molecular weight excluding hydrogens is 320 g/mol. The number of ether oxygens (including phenoxy) is 2. The van der Waals surface area contributed by atoms with Crippen molar-refractivity contribution in [2.45, 2.75) is 0 Å². The second kappa shape index (κ2) is 6.76. The quantitative estimate of drug-likeness (QED) is 0.762. The zero-order valence-electron chi connectivity index (χ0n) is 14.6. The van der Waals surface area contributed by atoms with Crippen molar-refractivity contribution in [3.63, 3.8) is 0 Å². The first-order valence-corrected chi connectivity index (χ1v) is 7.72. The van der Waals surface area contributed by atoms with E-state index in [4.69, 9.17) is 13.9 Å². The Kier molecular flexibility index (Phi) is 4.52. The number of aromatic nitrogens is 1. The lowest BCUT2D eigenvalue weighted by Gasteiger charge is -2.12. The highest BCUT2D eigenvalue weighted by atomic mass is 16.5. The van der Waals surface area contributed by atoms with E-state index in [1.807, 2.05) is 43.3 Å². The van der Waals surface area contributed by atoms with Gasteiger partial charge in [-0.15, -0.1) is 0 Å². The van der Waals surface area contributed by atoms with Gasteiger partial charge in [-0.05, 0) is 36.4 Å². The van der Waals surface area contributed by atoms with Crippen LogP contribution >= 0.6 is 0 Å². The number of rotatable bonds is 5. The summed E-state index contributed by atoms with van der Waals surface area (Å²) in [6, 6.07) is 11.3. The predicted octanol–water partition coefficient (Wildman–Crippen LogP) is 3.80. The Balaban J connectivity index is 1.96. The molecule has 0 saturated heterocycles. The molecule has 25 heavy (non-hydrogen) atoms. The highest BCUT2D eigenvalue weighted by Crippen LogP contribution is 2.40. The summed E-state index contributed by atoms with van der Waals surface area (Å²) in [4.78, 5) is 6.36. The van der Waals surface area contributed by atoms with E-state index in [1.165, 1.54) is 14.2 Å². The van der Waals surface area contributed by atoms with E-state index in [1.54, 1.807) is 18.3 Å². The molecule has 3 aromatic rings. The van der Waals surface area contributed by atoms with Crippen molar-refractivity contribution in [3.05, 3.63) is 42.6 Å². The second-order valence-corrected chi connectivity index (χ2v) is 5.70. The molecule has 6 nitrogen and oxygen atoms in total. The van der Waals surface area contributed by atoms with Gasteiger partial charge in [0.05, 0.1) is 20.4 Å². The molecular formula is C19H20N2O4. The molecule has 0 bridgehead atoms. The molecule has 0 fully saturated rings. The molecule has 2 aromatic carbocycles. The maximum atomic E-state index is 10.0. The highest BCUT2D eigenvalue weighted by molar-refractivity contribution is 5.68. The Morgan fingerprint density at radius 1 is 0.960 bits per heavy atom. The summed E-state index contributed by atoms with van der Waals surface area (Å²) in [6.07, 6.45) is 1.67. The zero-order valence-corrected chi connectivity index (χ0v) is 14.6. The zero-order chi connectivity index (χ0) is 18.0. The molecule has 1 N–H and O–H groups in total. The van der Waals surface area contributed by atoms with E-state index in [0.717, 1.165) is 11.3 Å². The van der Waals surface area contributed by atoms with Crippen LogP contribution in [0.2, 0.25) is 0 Å². The molecule has 0 saturated carbocycles. The lowest BCUT2D eigenvalue weighted by molar-refractivity contribution is 0.340. The summed E-state index contributed by atoms with van der Waals surface area (Å²) < 4.78 is 16.2. The molecule has 0 unspecified atom stereocenters. The van der Waals surface area contributed by atoms with Gasteiger partial charge in [0.15, 0.2) is 17.3 Å². The topological polar surface area (TPSA) is 68.0 Å². The van der Waals surface area contributed by atoms with Crippen LogP contribution in [-0.4, -0.2) is 38.4 Å². The fourth-order valence-electron chi connectivity index (χ4n) is 2.48. The van der Waals surface area contributed by atoms with E-state index in [2.05, 4.69) is 4.98 Å². The van der Waals surface area contributed by atoms with Gasteiger partial charge in [-0.1, -0.05) is 0 Å². The normalized spacial score (nSPS) is 10.6. The number of aromatic hydroxyl groups is 1. The first kappa shape index (κ1) is 16.7. The van der Waals surface area contributed by atoms with Crippen molar-refractivity contribution < 1.29 is 19.0 Å². The molecule has 0 amide bonds. The van der Waals surface area contributed by atoms with Crippen molar-refractivity contribution >= 4 is 5.69 Å². The smallest absolute Gasteiger partial charge is 0.226 e. The van der Waals surface area contributed by atoms with Gasteiger partial charge in [-0.25, -0.2) is 4.98 Å². The van der Waals surface area contributed by atoms with Crippen LogP contribution in [0.4, 0.5) is 5.69 Å². The van der Waals surface area contributed by atoms with E-state index >= 15 is 0 Å². The summed E-state index contributed by atoms with van der Waals surface area (Å²) >= 11 is 0. The first-order valence-electron chi connectivity index (χ1n) is 7.72. The van der Waals surface area contributed by atoms with Crippen LogP contribution in [-0.2, 0) is 0 Å². The minimum atomic E-state index is -0.0557. The SMILES string of the molecule is COc1cc(-c2ncc(-c3ccc(N(C)C)cc3)o2)cc(OC)c1O. The molecule has 1 heterocycles. The number of anilines is 1. The molecule has 3 rings (SSSR count). The van der Waals surface area contributed by atoms with Crippen molar-refractivity contribution in [1.29, 1.82) is 0 Å². The fourth-order valence-corrected chi connectivity index (χ4v) is 2.48. The molecule has 0 radical (unpaired) electrons. The fraction of sp³-hybridized carbons (Fsp3) is 0.211. The van der Waals surface area contributed by atoms with Gasteiger partial charge in [-0.2, -0.15) is 0 Å². The second-order valence-electron chi connectivity index (χ2n) is 5.70. The molecule has 130 valence electrons. The Labute approximate surface area is 146 Å². The molecule has 6 heteroatoms. The number of phenolic OH excluding ortho intramolecular Hbond substituents is 1. The Morgan fingerprint density at radius 3 is 2.08 bits per heavy atom. The van der Waals surface area contributed by atoms with Gasteiger partial charge in [0.1, 0.15) is 0 Å². The summed E-state index contributed by atoms with van der Waals surface area (Å²) in [7, 11) is 6.94. The van der Waals surface area contributed by atoms with Crippen LogP contribution in [0.15, 0.2) is 47.0 Å². The van der Waals surface area contributed by atoms with E-state index < -0.39 is 0 Å². The van der Waals surface area contributed by atoms with E-state index in [9.17, 15) is 5.11 Å². The van der Waals surface area contributed by atoms with Crippen molar-refractivity contribution in [1.82, 2.24) is 4.98 Å². The third-order valence-electron chi connectivity index (χ3n) is 3.90. The van der Waals surface area contributed by atoms with Crippen LogP contribution in [0.25, 0.3) is 22.8 Å². The monoisotopic (exact) mass is 340 g/mol.